The lowest BCUT2D eigenvalue weighted by Crippen LogP contribution is -2.01. The van der Waals surface area contributed by atoms with Gasteiger partial charge in [-0.25, -0.2) is 10.5 Å². The van der Waals surface area contributed by atoms with Crippen LogP contribution in [0.2, 0.25) is 0 Å². The molecule has 6 heteroatoms. The number of nitrogens with zero attached hydrogens (tertiary/aromatic N) is 2. The highest BCUT2D eigenvalue weighted by molar-refractivity contribution is 6.06. The van der Waals surface area contributed by atoms with Gasteiger partial charge < -0.3 is 0 Å². The van der Waals surface area contributed by atoms with Crippen LogP contribution in [0.5, 0.6) is 0 Å². The fraction of sp³-hybridized carbons (Fsp3) is 0.167. The molecule has 1 rings (SSSR count). The van der Waals surface area contributed by atoms with Crippen LogP contribution in [0.15, 0.2) is 0 Å². The predicted octanol–water partition coefficient (Wildman–Crippen LogP) is -0.764. The maximum absolute atomic E-state index is 10.9. The molecule has 0 saturated carbocycles. The molecule has 0 aliphatic rings. The number of nitrogens with one attached hydrogen (secondary N) is 2. The Hall–Kier alpha value is -1.87. The maximum Gasteiger partial charge on any atom is 0.276 e. The average molecular weight is 166 g/mol. The van der Waals surface area contributed by atoms with E-state index in [4.69, 9.17) is 5.21 Å². The Labute approximate surface area is 68.0 Å². The van der Waals surface area contributed by atoms with Gasteiger partial charge in [0.1, 0.15) is 5.82 Å². The smallest absolute Gasteiger partial charge is 0.276 e. The number of Topliss-reactive ketones (excluding diaryl/α,β-unsaturated/α-hetero) is 1. The van der Waals surface area contributed by atoms with Gasteiger partial charge in [0.2, 0.25) is 5.82 Å². The first-order chi connectivity index (χ1) is 5.74. The Kier molecular flexibility index (Phi) is 2.40. The van der Waals surface area contributed by atoms with E-state index < -0.39 is 5.78 Å². The zero-order valence-corrected chi connectivity index (χ0v) is 6.25. The van der Waals surface area contributed by atoms with Crippen molar-refractivity contribution in [2.45, 2.75) is 6.92 Å². The first-order valence-electron chi connectivity index (χ1n) is 3.07. The molecule has 1 heterocycles. The minimum absolute atomic E-state index is 0.00440. The van der Waals surface area contributed by atoms with Crippen LogP contribution in [0.25, 0.3) is 0 Å². The minimum Gasteiger partial charge on any atom is -0.283 e. The monoisotopic (exact) mass is 166 g/mol. The number of carbonyl (C=O) groups is 1. The van der Waals surface area contributed by atoms with E-state index in [9.17, 15) is 4.79 Å². The number of rotatable bonds is 1. The summed E-state index contributed by atoms with van der Waals surface area (Å²) in [7, 11) is 0. The standard InChI is InChI=1S/C6H6N4O2/c1-4-8-6(10-9-4)5(11)2-3-7-12/h7,12H,1H3,(H,8,9,10). The molecule has 1 aromatic heterocycles. The Balaban J connectivity index is 2.78. The summed E-state index contributed by atoms with van der Waals surface area (Å²) in [5, 5.41) is 14.1. The largest absolute Gasteiger partial charge is 0.283 e. The fourth-order valence-electron chi connectivity index (χ4n) is 0.585. The lowest BCUT2D eigenvalue weighted by molar-refractivity contribution is 0.104. The molecule has 0 saturated heterocycles. The molecule has 0 aliphatic carbocycles. The Bertz CT molecular complexity index is 346. The van der Waals surface area contributed by atoms with Crippen molar-refractivity contribution in [2.24, 2.45) is 0 Å². The molecule has 0 unspecified atom stereocenters. The Morgan fingerprint density at radius 3 is 3.00 bits per heavy atom. The second kappa shape index (κ2) is 3.50. The van der Waals surface area contributed by atoms with Crippen molar-refractivity contribution in [1.29, 1.82) is 0 Å². The van der Waals surface area contributed by atoms with E-state index in [-0.39, 0.29) is 5.82 Å². The summed E-state index contributed by atoms with van der Waals surface area (Å²) in [6.45, 7) is 1.67. The molecular formula is C6H6N4O2. The number of hydrogen-bond acceptors (Lipinski definition) is 5. The number of hydroxylamine groups is 1. The number of aromatic amines is 1. The summed E-state index contributed by atoms with van der Waals surface area (Å²) in [4.78, 5) is 14.7. The molecular weight excluding hydrogens is 160 g/mol. The van der Waals surface area contributed by atoms with Crippen molar-refractivity contribution in [1.82, 2.24) is 20.7 Å². The molecule has 0 spiro atoms. The lowest BCUT2D eigenvalue weighted by atomic mass is 10.4. The minimum atomic E-state index is -0.555. The molecule has 1 aromatic rings. The van der Waals surface area contributed by atoms with Gasteiger partial charge in [0.05, 0.1) is 0 Å². The summed E-state index contributed by atoms with van der Waals surface area (Å²) in [6, 6.07) is 1.97. The van der Waals surface area contributed by atoms with Crippen molar-refractivity contribution < 1.29 is 10.0 Å². The van der Waals surface area contributed by atoms with E-state index in [0.29, 0.717) is 5.82 Å². The topological polar surface area (TPSA) is 90.9 Å². The highest BCUT2D eigenvalue weighted by Crippen LogP contribution is 1.90. The number of aromatic nitrogens is 3. The zero-order chi connectivity index (χ0) is 8.97. The van der Waals surface area contributed by atoms with Crippen molar-refractivity contribution in [3.63, 3.8) is 0 Å². The highest BCUT2D eigenvalue weighted by Gasteiger charge is 2.06. The Morgan fingerprint density at radius 2 is 2.50 bits per heavy atom. The quantitative estimate of drug-likeness (QED) is 0.221. The SMILES string of the molecule is Cc1nc(C(=O)C#CNO)n[nH]1. The van der Waals surface area contributed by atoms with Crippen molar-refractivity contribution >= 4 is 5.78 Å². The van der Waals surface area contributed by atoms with Crippen LogP contribution in [-0.2, 0) is 0 Å². The third kappa shape index (κ3) is 1.81. The van der Waals surface area contributed by atoms with Gasteiger partial charge in [0.15, 0.2) is 0 Å². The van der Waals surface area contributed by atoms with Crippen molar-refractivity contribution in [2.75, 3.05) is 0 Å². The van der Waals surface area contributed by atoms with Crippen molar-refractivity contribution in [3.05, 3.63) is 11.6 Å². The second-order valence-electron chi connectivity index (χ2n) is 1.94. The van der Waals surface area contributed by atoms with E-state index in [0.717, 1.165) is 0 Å². The third-order valence-corrected chi connectivity index (χ3v) is 1.03. The molecule has 6 nitrogen and oxygen atoms in total. The summed E-state index contributed by atoms with van der Waals surface area (Å²) < 4.78 is 0. The van der Waals surface area contributed by atoms with Gasteiger partial charge in [-0.1, -0.05) is 0 Å². The van der Waals surface area contributed by atoms with E-state index in [2.05, 4.69) is 21.1 Å². The van der Waals surface area contributed by atoms with E-state index >= 15 is 0 Å². The van der Waals surface area contributed by atoms with Gasteiger partial charge in [0.25, 0.3) is 5.78 Å². The molecule has 0 radical (unpaired) electrons. The Morgan fingerprint density at radius 1 is 1.75 bits per heavy atom. The molecule has 3 N–H and O–H groups in total. The normalized spacial score (nSPS) is 8.50. The van der Waals surface area contributed by atoms with Crippen molar-refractivity contribution in [3.8, 4) is 12.0 Å². The van der Waals surface area contributed by atoms with Gasteiger partial charge in [-0.15, -0.1) is 5.10 Å². The van der Waals surface area contributed by atoms with Crippen LogP contribution in [0.4, 0.5) is 0 Å². The number of ketones is 1. The molecule has 62 valence electrons. The molecule has 0 atom stereocenters. The van der Waals surface area contributed by atoms with Crippen LogP contribution in [-0.4, -0.2) is 26.2 Å². The fourth-order valence-corrected chi connectivity index (χ4v) is 0.585. The van der Waals surface area contributed by atoms with Crippen LogP contribution in [0.3, 0.4) is 0 Å². The molecule has 0 fully saturated rings. The summed E-state index contributed by atoms with van der Waals surface area (Å²) in [6.07, 6.45) is 0. The van der Waals surface area contributed by atoms with Crippen LogP contribution in [0, 0.1) is 18.9 Å². The van der Waals surface area contributed by atoms with Gasteiger partial charge >= 0.3 is 0 Å². The molecule has 0 aromatic carbocycles. The molecule has 12 heavy (non-hydrogen) atoms. The van der Waals surface area contributed by atoms with Crippen LogP contribution in [0.1, 0.15) is 16.4 Å². The predicted molar refractivity (Wildman–Crippen MR) is 38.1 cm³/mol. The number of hydrogen-bond donors (Lipinski definition) is 3. The van der Waals surface area contributed by atoms with E-state index in [1.165, 1.54) is 5.48 Å². The molecule has 0 bridgehead atoms. The number of aryl methyl sites for hydroxylation is 1. The third-order valence-electron chi connectivity index (χ3n) is 1.03. The van der Waals surface area contributed by atoms with Gasteiger partial charge in [-0.3, -0.25) is 15.1 Å². The second-order valence-corrected chi connectivity index (χ2v) is 1.94. The van der Waals surface area contributed by atoms with Gasteiger partial charge in [-0.05, 0) is 6.92 Å². The average Bonchev–Trinajstić information content (AvgIpc) is 2.47. The number of carbonyl (C=O) groups excluding carboxylic acids is 1. The first-order valence-corrected chi connectivity index (χ1v) is 3.07. The van der Waals surface area contributed by atoms with E-state index in [1.54, 1.807) is 6.92 Å². The zero-order valence-electron chi connectivity index (χ0n) is 6.25. The van der Waals surface area contributed by atoms with Gasteiger partial charge in [0, 0.05) is 12.0 Å². The molecule has 0 aliphatic heterocycles. The maximum atomic E-state index is 10.9. The molecule has 0 amide bonds. The lowest BCUT2D eigenvalue weighted by Gasteiger charge is -1.79. The van der Waals surface area contributed by atoms with E-state index in [1.807, 2.05) is 6.04 Å². The number of H-pyrrole nitrogens is 1. The summed E-state index contributed by atoms with van der Waals surface area (Å²) in [5.41, 5.74) is 1.53. The van der Waals surface area contributed by atoms with Crippen LogP contribution < -0.4 is 5.48 Å². The van der Waals surface area contributed by atoms with Gasteiger partial charge in [-0.2, -0.15) is 0 Å². The van der Waals surface area contributed by atoms with Crippen LogP contribution >= 0.6 is 0 Å². The highest BCUT2D eigenvalue weighted by atomic mass is 16.5. The summed E-state index contributed by atoms with van der Waals surface area (Å²) >= 11 is 0. The summed E-state index contributed by atoms with van der Waals surface area (Å²) in [5.74, 6) is 2.05. The first kappa shape index (κ1) is 8.23.